The molecule has 0 spiro atoms. The number of hydrogen-bond acceptors (Lipinski definition) is 2. The molecule has 0 unspecified atom stereocenters. The molecule has 0 N–H and O–H groups in total. The van der Waals surface area contributed by atoms with Crippen LogP contribution in [0.5, 0.6) is 0 Å². The number of carbonyl (C=O) groups is 1. The predicted octanol–water partition coefficient (Wildman–Crippen LogP) is 4.81. The highest BCUT2D eigenvalue weighted by molar-refractivity contribution is 5.91. The molecule has 6 heteroatoms. The summed E-state index contributed by atoms with van der Waals surface area (Å²) in [5.74, 6) is -0.350. The summed E-state index contributed by atoms with van der Waals surface area (Å²) >= 11 is 0. The molecule has 0 bridgehead atoms. The van der Waals surface area contributed by atoms with E-state index in [1.807, 2.05) is 6.07 Å². The van der Waals surface area contributed by atoms with E-state index >= 15 is 0 Å². The molecule has 2 aromatic rings. The van der Waals surface area contributed by atoms with Crippen molar-refractivity contribution < 1.29 is 18.0 Å². The first kappa shape index (κ1) is 20.0. The van der Waals surface area contributed by atoms with Gasteiger partial charge in [0.25, 0.3) is 0 Å². The maximum absolute atomic E-state index is 12.8. The maximum atomic E-state index is 12.8. The van der Waals surface area contributed by atoms with Crippen molar-refractivity contribution in [3.8, 4) is 6.07 Å². The summed E-state index contributed by atoms with van der Waals surface area (Å²) in [6.45, 7) is 4.20. The van der Waals surface area contributed by atoms with Gasteiger partial charge in [-0.1, -0.05) is 30.3 Å². The molecule has 0 atom stereocenters. The van der Waals surface area contributed by atoms with Gasteiger partial charge in [0, 0.05) is 19.2 Å². The molecule has 27 heavy (non-hydrogen) atoms. The normalized spacial score (nSPS) is 11.2. The van der Waals surface area contributed by atoms with Crippen molar-refractivity contribution in [1.29, 1.82) is 5.26 Å². The Morgan fingerprint density at radius 1 is 1.19 bits per heavy atom. The quantitative estimate of drug-likeness (QED) is 0.541. The number of carbonyl (C=O) groups excluding carboxylic acids is 1. The fourth-order valence-electron chi connectivity index (χ4n) is 2.38. The smallest absolute Gasteiger partial charge is 0.331 e. The van der Waals surface area contributed by atoms with Crippen molar-refractivity contribution in [2.45, 2.75) is 12.7 Å². The molecule has 0 aliphatic carbocycles. The lowest BCUT2D eigenvalue weighted by molar-refractivity contribution is -0.137. The van der Waals surface area contributed by atoms with Gasteiger partial charge in [0.2, 0.25) is 5.91 Å². The van der Waals surface area contributed by atoms with Crippen molar-refractivity contribution in [2.75, 3.05) is 6.54 Å². The lowest BCUT2D eigenvalue weighted by Crippen LogP contribution is -2.29. The minimum Gasteiger partial charge on any atom is -0.331 e. The summed E-state index contributed by atoms with van der Waals surface area (Å²) in [6.07, 6.45) is -0.271. The second kappa shape index (κ2) is 8.86. The molecule has 0 aliphatic heterocycles. The summed E-state index contributed by atoms with van der Waals surface area (Å²) in [6, 6.07) is 13.6. The number of halogens is 3. The molecule has 2 rings (SSSR count). The van der Waals surface area contributed by atoms with Crippen LogP contribution in [0.25, 0.3) is 6.08 Å². The molecule has 0 fully saturated rings. The zero-order valence-electron chi connectivity index (χ0n) is 14.4. The molecular formula is C21H17F3N2O. The number of nitriles is 1. The average molecular weight is 370 g/mol. The molecule has 1 amide bonds. The summed E-state index contributed by atoms with van der Waals surface area (Å²) in [5, 5.41) is 8.82. The molecule has 0 aromatic heterocycles. The van der Waals surface area contributed by atoms with Crippen LogP contribution < -0.4 is 0 Å². The number of alkyl halides is 3. The van der Waals surface area contributed by atoms with Gasteiger partial charge in [0.05, 0.1) is 17.2 Å². The maximum Gasteiger partial charge on any atom is 0.416 e. The second-order valence-corrected chi connectivity index (χ2v) is 5.77. The van der Waals surface area contributed by atoms with Crippen LogP contribution in [0.3, 0.4) is 0 Å². The topological polar surface area (TPSA) is 44.1 Å². The van der Waals surface area contributed by atoms with Gasteiger partial charge in [-0.05, 0) is 41.5 Å². The first-order valence-corrected chi connectivity index (χ1v) is 8.07. The largest absolute Gasteiger partial charge is 0.416 e. The fourth-order valence-corrected chi connectivity index (χ4v) is 2.38. The minimum absolute atomic E-state index is 0.283. The van der Waals surface area contributed by atoms with Crippen LogP contribution in [0.4, 0.5) is 13.2 Å². The van der Waals surface area contributed by atoms with Gasteiger partial charge in [0.15, 0.2) is 0 Å². The first-order valence-electron chi connectivity index (χ1n) is 8.07. The van der Waals surface area contributed by atoms with Crippen LogP contribution in [0, 0.1) is 11.3 Å². The summed E-state index contributed by atoms with van der Waals surface area (Å²) in [5.41, 5.74) is 0.870. The van der Waals surface area contributed by atoms with Gasteiger partial charge in [-0.3, -0.25) is 4.79 Å². The molecule has 138 valence electrons. The van der Waals surface area contributed by atoms with E-state index in [9.17, 15) is 18.0 Å². The van der Waals surface area contributed by atoms with E-state index in [1.54, 1.807) is 30.3 Å². The zero-order chi connectivity index (χ0) is 19.9. The molecule has 0 saturated carbocycles. The monoisotopic (exact) mass is 370 g/mol. The average Bonchev–Trinajstić information content (AvgIpc) is 2.66. The van der Waals surface area contributed by atoms with Gasteiger partial charge in [-0.15, -0.1) is 6.58 Å². The van der Waals surface area contributed by atoms with Gasteiger partial charge in [0.1, 0.15) is 0 Å². The van der Waals surface area contributed by atoms with Crippen molar-refractivity contribution in [2.24, 2.45) is 0 Å². The van der Waals surface area contributed by atoms with Crippen molar-refractivity contribution >= 4 is 12.0 Å². The third-order valence-electron chi connectivity index (χ3n) is 3.75. The highest BCUT2D eigenvalue weighted by Crippen LogP contribution is 2.29. The van der Waals surface area contributed by atoms with E-state index in [0.717, 1.165) is 17.7 Å². The Balaban J connectivity index is 2.13. The summed E-state index contributed by atoms with van der Waals surface area (Å²) < 4.78 is 38.3. The number of hydrogen-bond donors (Lipinski definition) is 0. The number of rotatable bonds is 6. The number of nitrogens with zero attached hydrogens (tertiary/aromatic N) is 2. The third-order valence-corrected chi connectivity index (χ3v) is 3.75. The summed E-state index contributed by atoms with van der Waals surface area (Å²) in [7, 11) is 0. The lowest BCUT2D eigenvalue weighted by atomic mass is 10.1. The Labute approximate surface area is 155 Å². The molecule has 3 nitrogen and oxygen atoms in total. The van der Waals surface area contributed by atoms with Crippen LogP contribution in [0.1, 0.15) is 22.3 Å². The fraction of sp³-hybridized carbons (Fsp3) is 0.143. The van der Waals surface area contributed by atoms with Gasteiger partial charge in [-0.25, -0.2) is 0 Å². The molecular weight excluding hydrogens is 353 g/mol. The number of amides is 1. The molecule has 0 aliphatic rings. The second-order valence-electron chi connectivity index (χ2n) is 5.77. The Morgan fingerprint density at radius 2 is 1.89 bits per heavy atom. The van der Waals surface area contributed by atoms with E-state index in [1.165, 1.54) is 29.2 Å². The van der Waals surface area contributed by atoms with Crippen LogP contribution in [0.15, 0.2) is 67.3 Å². The van der Waals surface area contributed by atoms with E-state index in [2.05, 4.69) is 6.58 Å². The first-order chi connectivity index (χ1) is 12.8. The van der Waals surface area contributed by atoms with Gasteiger partial charge in [-0.2, -0.15) is 18.4 Å². The molecule has 0 saturated heterocycles. The standard InChI is InChI=1S/C21H17F3N2O/c1-2-12-26(15-18-8-6-17(14-25)7-9-18)20(27)11-10-16-4-3-5-19(13-16)21(22,23)24/h2-11,13H,1,12,15H2/b11-10+. The van der Waals surface area contributed by atoms with Crippen molar-refractivity contribution in [1.82, 2.24) is 4.90 Å². The Bertz CT molecular complexity index is 878. The highest BCUT2D eigenvalue weighted by Gasteiger charge is 2.30. The van der Waals surface area contributed by atoms with E-state index in [0.29, 0.717) is 12.1 Å². The highest BCUT2D eigenvalue weighted by atomic mass is 19.4. The van der Waals surface area contributed by atoms with Crippen LogP contribution in [-0.2, 0) is 17.5 Å². The van der Waals surface area contributed by atoms with Crippen molar-refractivity contribution in [3.63, 3.8) is 0 Å². The van der Waals surface area contributed by atoms with Crippen molar-refractivity contribution in [3.05, 3.63) is 89.5 Å². The van der Waals surface area contributed by atoms with Crippen LogP contribution in [-0.4, -0.2) is 17.4 Å². The van der Waals surface area contributed by atoms with Gasteiger partial charge < -0.3 is 4.90 Å². The van der Waals surface area contributed by atoms with Crippen LogP contribution in [0.2, 0.25) is 0 Å². The molecule has 0 heterocycles. The van der Waals surface area contributed by atoms with Gasteiger partial charge >= 0.3 is 6.18 Å². The third kappa shape index (κ3) is 5.86. The Hall–Kier alpha value is -3.33. The van der Waals surface area contributed by atoms with E-state index < -0.39 is 11.7 Å². The van der Waals surface area contributed by atoms with Crippen LogP contribution >= 0.6 is 0 Å². The molecule has 0 radical (unpaired) electrons. The zero-order valence-corrected chi connectivity index (χ0v) is 14.4. The van der Waals surface area contributed by atoms with E-state index in [4.69, 9.17) is 5.26 Å². The minimum atomic E-state index is -4.43. The lowest BCUT2D eigenvalue weighted by Gasteiger charge is -2.19. The summed E-state index contributed by atoms with van der Waals surface area (Å²) in [4.78, 5) is 13.9. The van der Waals surface area contributed by atoms with E-state index in [-0.39, 0.29) is 18.0 Å². The Kier molecular flexibility index (Phi) is 6.56. The Morgan fingerprint density at radius 3 is 2.48 bits per heavy atom. The number of benzene rings is 2. The molecule has 2 aromatic carbocycles. The predicted molar refractivity (Wildman–Crippen MR) is 97.2 cm³/mol. The SMILES string of the molecule is C=CCN(Cc1ccc(C#N)cc1)C(=O)/C=C/c1cccc(C(F)(F)F)c1.